The van der Waals surface area contributed by atoms with Crippen molar-refractivity contribution in [3.05, 3.63) is 0 Å². The lowest BCUT2D eigenvalue weighted by Crippen LogP contribution is -2.42. The lowest BCUT2D eigenvalue weighted by molar-refractivity contribution is 0.424. The first-order chi connectivity index (χ1) is 8.03. The number of nitrogens with one attached hydrogen (secondary N) is 1. The van der Waals surface area contributed by atoms with E-state index in [-0.39, 0.29) is 5.54 Å². The Morgan fingerprint density at radius 2 is 2.18 bits per heavy atom. The molecule has 3 unspecified atom stereocenters. The van der Waals surface area contributed by atoms with Crippen molar-refractivity contribution >= 4 is 11.8 Å². The quantitative estimate of drug-likeness (QED) is 0.787. The fraction of sp³-hybridized carbons (Fsp3) is 0.929. The van der Waals surface area contributed by atoms with Crippen LogP contribution in [-0.4, -0.2) is 22.6 Å². The van der Waals surface area contributed by atoms with Gasteiger partial charge in [-0.15, -0.1) is 0 Å². The largest absolute Gasteiger partial charge is 0.299 e. The van der Waals surface area contributed by atoms with Crippen LogP contribution in [0.5, 0.6) is 0 Å². The topological polar surface area (TPSA) is 35.8 Å². The smallest absolute Gasteiger partial charge is 0.107 e. The molecule has 1 aliphatic carbocycles. The highest BCUT2D eigenvalue weighted by Gasteiger charge is 2.39. The number of nitrogens with zero attached hydrogens (tertiary/aromatic N) is 1. The van der Waals surface area contributed by atoms with Gasteiger partial charge in [0.1, 0.15) is 5.54 Å². The van der Waals surface area contributed by atoms with Crippen LogP contribution < -0.4 is 5.32 Å². The van der Waals surface area contributed by atoms with E-state index < -0.39 is 0 Å². The maximum absolute atomic E-state index is 9.38. The lowest BCUT2D eigenvalue weighted by Gasteiger charge is -2.24. The normalized spacial score (nSPS) is 30.5. The molecule has 3 atom stereocenters. The van der Waals surface area contributed by atoms with Crippen LogP contribution in [0.1, 0.15) is 53.4 Å². The van der Waals surface area contributed by atoms with Crippen LogP contribution >= 0.6 is 11.8 Å². The number of rotatable bonds is 6. The molecule has 17 heavy (non-hydrogen) atoms. The zero-order valence-electron chi connectivity index (χ0n) is 11.6. The summed E-state index contributed by atoms with van der Waals surface area (Å²) in [6, 6.07) is 2.52. The average Bonchev–Trinajstić information content (AvgIpc) is 2.70. The molecule has 3 heteroatoms. The van der Waals surface area contributed by atoms with Crippen LogP contribution in [-0.2, 0) is 0 Å². The second kappa shape index (κ2) is 6.66. The van der Waals surface area contributed by atoms with Gasteiger partial charge in [-0.2, -0.15) is 17.0 Å². The standard InChI is InChI=1S/C14H26N2S/c1-5-8-16-14(10-15)7-6-13(9-14)17-12(4)11(2)3/h11-13,16H,5-9H2,1-4H3. The van der Waals surface area contributed by atoms with Crippen molar-refractivity contribution in [3.63, 3.8) is 0 Å². The van der Waals surface area contributed by atoms with E-state index in [1.807, 2.05) is 0 Å². The number of thioether (sulfide) groups is 1. The van der Waals surface area contributed by atoms with Crippen LogP contribution in [0, 0.1) is 17.2 Å². The van der Waals surface area contributed by atoms with E-state index in [4.69, 9.17) is 0 Å². The van der Waals surface area contributed by atoms with E-state index in [9.17, 15) is 5.26 Å². The first kappa shape index (κ1) is 14.9. The zero-order chi connectivity index (χ0) is 12.9. The highest BCUT2D eigenvalue weighted by atomic mass is 32.2. The lowest BCUT2D eigenvalue weighted by atomic mass is 10.00. The summed E-state index contributed by atoms with van der Waals surface area (Å²) in [6.07, 6.45) is 4.33. The van der Waals surface area contributed by atoms with Gasteiger partial charge in [0, 0.05) is 10.5 Å². The van der Waals surface area contributed by atoms with Gasteiger partial charge in [0.15, 0.2) is 0 Å². The predicted octanol–water partition coefficient (Wildman–Crippen LogP) is 3.58. The molecule has 1 aliphatic rings. The van der Waals surface area contributed by atoms with Crippen molar-refractivity contribution < 1.29 is 0 Å². The fourth-order valence-electron chi connectivity index (χ4n) is 2.24. The molecule has 2 nitrogen and oxygen atoms in total. The molecular weight excluding hydrogens is 228 g/mol. The molecule has 98 valence electrons. The molecule has 0 aromatic rings. The molecular formula is C14H26N2S. The number of hydrogen-bond donors (Lipinski definition) is 1. The minimum Gasteiger partial charge on any atom is -0.299 e. The molecule has 0 aromatic carbocycles. The van der Waals surface area contributed by atoms with Crippen molar-refractivity contribution in [2.75, 3.05) is 6.54 Å². The summed E-state index contributed by atoms with van der Waals surface area (Å²) in [4.78, 5) is 0. The van der Waals surface area contributed by atoms with Gasteiger partial charge >= 0.3 is 0 Å². The van der Waals surface area contributed by atoms with E-state index in [0.717, 1.165) is 31.7 Å². The fourth-order valence-corrected chi connectivity index (χ4v) is 3.80. The third kappa shape index (κ3) is 4.19. The van der Waals surface area contributed by atoms with Crippen molar-refractivity contribution in [2.45, 2.75) is 69.4 Å². The summed E-state index contributed by atoms with van der Waals surface area (Å²) in [7, 11) is 0. The molecule has 0 aliphatic heterocycles. The Kier molecular flexibility index (Phi) is 5.82. The van der Waals surface area contributed by atoms with E-state index in [0.29, 0.717) is 10.5 Å². The van der Waals surface area contributed by atoms with Crippen LogP contribution in [0.25, 0.3) is 0 Å². The molecule has 1 N–H and O–H groups in total. The maximum Gasteiger partial charge on any atom is 0.107 e. The van der Waals surface area contributed by atoms with Crippen LogP contribution in [0.4, 0.5) is 0 Å². The second-order valence-electron chi connectivity index (χ2n) is 5.57. The maximum atomic E-state index is 9.38. The van der Waals surface area contributed by atoms with Crippen LogP contribution in [0.15, 0.2) is 0 Å². The average molecular weight is 254 g/mol. The Labute approximate surface area is 111 Å². The summed E-state index contributed by atoms with van der Waals surface area (Å²) in [5.41, 5.74) is -0.232. The summed E-state index contributed by atoms with van der Waals surface area (Å²) in [5.74, 6) is 0.723. The van der Waals surface area contributed by atoms with Gasteiger partial charge in [0.05, 0.1) is 6.07 Å². The van der Waals surface area contributed by atoms with Gasteiger partial charge in [-0.1, -0.05) is 27.7 Å². The van der Waals surface area contributed by atoms with E-state index in [1.54, 1.807) is 0 Å². The predicted molar refractivity (Wildman–Crippen MR) is 76.2 cm³/mol. The van der Waals surface area contributed by atoms with E-state index in [1.165, 1.54) is 6.42 Å². The highest BCUT2D eigenvalue weighted by molar-refractivity contribution is 8.00. The van der Waals surface area contributed by atoms with Gasteiger partial charge in [0.2, 0.25) is 0 Å². The van der Waals surface area contributed by atoms with Crippen molar-refractivity contribution in [1.29, 1.82) is 5.26 Å². The molecule has 1 rings (SSSR count). The minimum absolute atomic E-state index is 0.232. The van der Waals surface area contributed by atoms with Gasteiger partial charge in [0.25, 0.3) is 0 Å². The first-order valence-corrected chi connectivity index (χ1v) is 7.79. The van der Waals surface area contributed by atoms with Gasteiger partial charge < -0.3 is 0 Å². The molecule has 0 amide bonds. The highest BCUT2D eigenvalue weighted by Crippen LogP contribution is 2.39. The molecule has 0 radical (unpaired) electrons. The second-order valence-corrected chi connectivity index (χ2v) is 7.25. The Bertz CT molecular complexity index is 272. The third-order valence-corrected chi connectivity index (χ3v) is 5.50. The monoisotopic (exact) mass is 254 g/mol. The van der Waals surface area contributed by atoms with Crippen molar-refractivity contribution in [1.82, 2.24) is 5.32 Å². The Balaban J connectivity index is 2.47. The van der Waals surface area contributed by atoms with Gasteiger partial charge in [-0.05, 0) is 38.1 Å². The molecule has 0 spiro atoms. The molecule has 1 saturated carbocycles. The van der Waals surface area contributed by atoms with Gasteiger partial charge in [-0.3, -0.25) is 5.32 Å². The Hall–Kier alpha value is -0.200. The van der Waals surface area contributed by atoms with Crippen LogP contribution in [0.3, 0.4) is 0 Å². The van der Waals surface area contributed by atoms with Crippen molar-refractivity contribution in [3.8, 4) is 6.07 Å². The van der Waals surface area contributed by atoms with Crippen LogP contribution in [0.2, 0.25) is 0 Å². The summed E-state index contributed by atoms with van der Waals surface area (Å²) < 4.78 is 0. The Morgan fingerprint density at radius 3 is 2.71 bits per heavy atom. The number of hydrogen-bond acceptors (Lipinski definition) is 3. The molecule has 0 saturated heterocycles. The SMILES string of the molecule is CCCNC1(C#N)CCC(SC(C)C(C)C)C1. The molecule has 0 heterocycles. The molecule has 0 aromatic heterocycles. The Morgan fingerprint density at radius 1 is 1.47 bits per heavy atom. The molecule has 1 fully saturated rings. The van der Waals surface area contributed by atoms with E-state index >= 15 is 0 Å². The summed E-state index contributed by atoms with van der Waals surface area (Å²) >= 11 is 2.08. The number of nitriles is 1. The van der Waals surface area contributed by atoms with Gasteiger partial charge in [-0.25, -0.2) is 0 Å². The first-order valence-electron chi connectivity index (χ1n) is 6.84. The summed E-state index contributed by atoms with van der Waals surface area (Å²) in [5, 5.41) is 14.2. The zero-order valence-corrected chi connectivity index (χ0v) is 12.4. The summed E-state index contributed by atoms with van der Waals surface area (Å²) in [6.45, 7) is 9.98. The molecule has 0 bridgehead atoms. The minimum atomic E-state index is -0.232. The third-order valence-electron chi connectivity index (χ3n) is 3.74. The van der Waals surface area contributed by atoms with Crippen molar-refractivity contribution in [2.24, 2.45) is 5.92 Å². The van der Waals surface area contributed by atoms with E-state index in [2.05, 4.69) is 50.8 Å².